The van der Waals surface area contributed by atoms with Gasteiger partial charge in [0, 0.05) is 16.2 Å². The van der Waals surface area contributed by atoms with Crippen molar-refractivity contribution in [3.8, 4) is 0 Å². The molecule has 0 aliphatic rings. The zero-order valence-corrected chi connectivity index (χ0v) is 12.1. The Morgan fingerprint density at radius 3 is 2.58 bits per heavy atom. The van der Waals surface area contributed by atoms with Crippen LogP contribution < -0.4 is 5.32 Å². The number of carbonyl (C=O) groups excluding carboxylic acids is 1. The predicted molar refractivity (Wildman–Crippen MR) is 83.0 cm³/mol. The molecule has 0 fully saturated rings. The van der Waals surface area contributed by atoms with Gasteiger partial charge in [-0.15, -0.1) is 0 Å². The Labute approximate surface area is 121 Å². The number of aryl methyl sites for hydroxylation is 1. The van der Waals surface area contributed by atoms with E-state index in [1.807, 2.05) is 55.5 Å². The molecule has 2 aromatic rings. The minimum Gasteiger partial charge on any atom is -0.322 e. The van der Waals surface area contributed by atoms with Crippen LogP contribution >= 0.6 is 15.9 Å². The highest BCUT2D eigenvalue weighted by Gasteiger charge is 2.01. The summed E-state index contributed by atoms with van der Waals surface area (Å²) in [6.07, 6.45) is 3.33. The van der Waals surface area contributed by atoms with Crippen molar-refractivity contribution < 1.29 is 4.79 Å². The number of nitrogens with one attached hydrogen (secondary N) is 1. The standard InChI is InChI=1S/C16H14BrNO/c1-12-11-14(17)8-9-15(12)18-16(19)10-7-13-5-3-2-4-6-13/h2-11H,1H3,(H,18,19). The number of amides is 1. The summed E-state index contributed by atoms with van der Waals surface area (Å²) in [6, 6.07) is 15.5. The van der Waals surface area contributed by atoms with Crippen molar-refractivity contribution in [2.24, 2.45) is 0 Å². The molecule has 0 aliphatic carbocycles. The van der Waals surface area contributed by atoms with Crippen LogP contribution in [-0.4, -0.2) is 5.91 Å². The first kappa shape index (κ1) is 13.6. The van der Waals surface area contributed by atoms with Crippen LogP contribution in [0.15, 0.2) is 59.1 Å². The molecule has 2 nitrogen and oxygen atoms in total. The highest BCUT2D eigenvalue weighted by Crippen LogP contribution is 2.20. The monoisotopic (exact) mass is 315 g/mol. The summed E-state index contributed by atoms with van der Waals surface area (Å²) < 4.78 is 1.00. The van der Waals surface area contributed by atoms with Gasteiger partial charge in [0.15, 0.2) is 0 Å². The smallest absolute Gasteiger partial charge is 0.248 e. The SMILES string of the molecule is Cc1cc(Br)ccc1NC(=O)C=Cc1ccccc1. The molecule has 1 amide bonds. The fraction of sp³-hybridized carbons (Fsp3) is 0.0625. The fourth-order valence-corrected chi connectivity index (χ4v) is 2.15. The summed E-state index contributed by atoms with van der Waals surface area (Å²) in [7, 11) is 0. The van der Waals surface area contributed by atoms with Crippen LogP contribution in [-0.2, 0) is 4.79 Å². The van der Waals surface area contributed by atoms with E-state index >= 15 is 0 Å². The molecule has 2 aromatic carbocycles. The molecule has 0 heterocycles. The molecule has 0 unspecified atom stereocenters. The number of hydrogen-bond acceptors (Lipinski definition) is 1. The molecule has 96 valence electrons. The van der Waals surface area contributed by atoms with E-state index < -0.39 is 0 Å². The van der Waals surface area contributed by atoms with E-state index in [0.29, 0.717) is 0 Å². The number of rotatable bonds is 3. The second-order valence-corrected chi connectivity index (χ2v) is 5.11. The fourth-order valence-electron chi connectivity index (χ4n) is 1.68. The molecule has 0 spiro atoms. The lowest BCUT2D eigenvalue weighted by atomic mass is 10.2. The molecule has 0 aliphatic heterocycles. The van der Waals surface area contributed by atoms with Crippen molar-refractivity contribution >= 4 is 33.6 Å². The minimum atomic E-state index is -0.130. The molecule has 0 saturated heterocycles. The van der Waals surface area contributed by atoms with Crippen LogP contribution in [0.4, 0.5) is 5.69 Å². The Morgan fingerprint density at radius 2 is 1.89 bits per heavy atom. The Kier molecular flexibility index (Phi) is 4.53. The van der Waals surface area contributed by atoms with E-state index in [1.54, 1.807) is 6.08 Å². The average molecular weight is 316 g/mol. The topological polar surface area (TPSA) is 29.1 Å². The van der Waals surface area contributed by atoms with Gasteiger partial charge < -0.3 is 5.32 Å². The number of benzene rings is 2. The third-order valence-corrected chi connectivity index (χ3v) is 3.17. The van der Waals surface area contributed by atoms with Gasteiger partial charge in [-0.25, -0.2) is 0 Å². The second kappa shape index (κ2) is 6.34. The minimum absolute atomic E-state index is 0.130. The highest BCUT2D eigenvalue weighted by atomic mass is 79.9. The lowest BCUT2D eigenvalue weighted by molar-refractivity contribution is -0.111. The largest absolute Gasteiger partial charge is 0.322 e. The van der Waals surface area contributed by atoms with Crippen LogP contribution in [0, 0.1) is 6.92 Å². The molecule has 0 bridgehead atoms. The van der Waals surface area contributed by atoms with Crippen molar-refractivity contribution in [1.29, 1.82) is 0 Å². The van der Waals surface area contributed by atoms with Crippen molar-refractivity contribution in [2.45, 2.75) is 6.92 Å². The Hall–Kier alpha value is -1.87. The molecule has 0 radical (unpaired) electrons. The van der Waals surface area contributed by atoms with E-state index in [0.717, 1.165) is 21.3 Å². The van der Waals surface area contributed by atoms with Gasteiger partial charge in [-0.2, -0.15) is 0 Å². The maximum atomic E-state index is 11.8. The molecule has 0 atom stereocenters. The van der Waals surface area contributed by atoms with Crippen molar-refractivity contribution in [1.82, 2.24) is 0 Å². The first-order valence-corrected chi connectivity index (χ1v) is 6.75. The summed E-state index contributed by atoms with van der Waals surface area (Å²) >= 11 is 3.40. The Bertz CT molecular complexity index is 605. The van der Waals surface area contributed by atoms with E-state index in [2.05, 4.69) is 21.2 Å². The van der Waals surface area contributed by atoms with Gasteiger partial charge in [-0.1, -0.05) is 46.3 Å². The van der Waals surface area contributed by atoms with E-state index in [-0.39, 0.29) is 5.91 Å². The van der Waals surface area contributed by atoms with Crippen molar-refractivity contribution in [3.63, 3.8) is 0 Å². The predicted octanol–water partition coefficient (Wildman–Crippen LogP) is 4.41. The summed E-state index contributed by atoms with van der Waals surface area (Å²) in [4.78, 5) is 11.8. The van der Waals surface area contributed by atoms with Gasteiger partial charge >= 0.3 is 0 Å². The maximum absolute atomic E-state index is 11.8. The number of anilines is 1. The summed E-state index contributed by atoms with van der Waals surface area (Å²) in [5.74, 6) is -0.130. The normalized spacial score (nSPS) is 10.6. The Morgan fingerprint density at radius 1 is 1.16 bits per heavy atom. The van der Waals surface area contributed by atoms with Crippen LogP contribution in [0.5, 0.6) is 0 Å². The van der Waals surface area contributed by atoms with Gasteiger partial charge in [-0.05, 0) is 42.3 Å². The molecule has 19 heavy (non-hydrogen) atoms. The van der Waals surface area contributed by atoms with Crippen molar-refractivity contribution in [3.05, 3.63) is 70.2 Å². The molecule has 0 aromatic heterocycles. The van der Waals surface area contributed by atoms with Crippen LogP contribution in [0.1, 0.15) is 11.1 Å². The van der Waals surface area contributed by atoms with Crippen molar-refractivity contribution in [2.75, 3.05) is 5.32 Å². The average Bonchev–Trinajstić information content (AvgIpc) is 2.41. The summed E-state index contributed by atoms with van der Waals surface area (Å²) in [5.41, 5.74) is 2.85. The maximum Gasteiger partial charge on any atom is 0.248 e. The molecule has 3 heteroatoms. The van der Waals surface area contributed by atoms with Gasteiger partial charge in [0.05, 0.1) is 0 Å². The quantitative estimate of drug-likeness (QED) is 0.835. The van der Waals surface area contributed by atoms with E-state index in [1.165, 1.54) is 6.08 Å². The third-order valence-electron chi connectivity index (χ3n) is 2.67. The highest BCUT2D eigenvalue weighted by molar-refractivity contribution is 9.10. The molecular weight excluding hydrogens is 302 g/mol. The second-order valence-electron chi connectivity index (χ2n) is 4.19. The lowest BCUT2D eigenvalue weighted by Crippen LogP contribution is -2.08. The molecular formula is C16H14BrNO. The number of carbonyl (C=O) groups is 1. The van der Waals surface area contributed by atoms with Crippen LogP contribution in [0.2, 0.25) is 0 Å². The summed E-state index contributed by atoms with van der Waals surface area (Å²) in [6.45, 7) is 1.96. The zero-order valence-electron chi connectivity index (χ0n) is 10.6. The molecule has 0 saturated carbocycles. The number of halogens is 1. The van der Waals surface area contributed by atoms with Gasteiger partial charge in [0.25, 0.3) is 0 Å². The number of hydrogen-bond donors (Lipinski definition) is 1. The molecule has 1 N–H and O–H groups in total. The van der Waals surface area contributed by atoms with Gasteiger partial charge in [-0.3, -0.25) is 4.79 Å². The third kappa shape index (κ3) is 4.07. The first-order valence-electron chi connectivity index (χ1n) is 5.95. The van der Waals surface area contributed by atoms with Gasteiger partial charge in [0.1, 0.15) is 0 Å². The van der Waals surface area contributed by atoms with E-state index in [4.69, 9.17) is 0 Å². The first-order chi connectivity index (χ1) is 9.15. The van der Waals surface area contributed by atoms with Gasteiger partial charge in [0.2, 0.25) is 5.91 Å². The molecule has 2 rings (SSSR count). The lowest BCUT2D eigenvalue weighted by Gasteiger charge is -2.06. The zero-order chi connectivity index (χ0) is 13.7. The Balaban J connectivity index is 2.04. The van der Waals surface area contributed by atoms with Crippen LogP contribution in [0.3, 0.4) is 0 Å². The van der Waals surface area contributed by atoms with Crippen LogP contribution in [0.25, 0.3) is 6.08 Å². The van der Waals surface area contributed by atoms with E-state index in [9.17, 15) is 4.79 Å². The summed E-state index contributed by atoms with van der Waals surface area (Å²) in [5, 5.41) is 2.86.